The third-order valence-electron chi connectivity index (χ3n) is 4.13. The standard InChI is InChI=1S/C18H18N2O/c19-12-17-11-14(13-21)5-6-18(17)20-9-7-15-3-1-2-4-16(15)8-10-20/h1-6,11,21H,7-10,13H2. The van der Waals surface area contributed by atoms with Crippen LogP contribution < -0.4 is 4.90 Å². The van der Waals surface area contributed by atoms with E-state index in [-0.39, 0.29) is 6.61 Å². The van der Waals surface area contributed by atoms with Crippen molar-refractivity contribution in [3.05, 3.63) is 64.7 Å². The zero-order valence-electron chi connectivity index (χ0n) is 11.9. The first-order valence-corrected chi connectivity index (χ1v) is 7.27. The predicted molar refractivity (Wildman–Crippen MR) is 83.1 cm³/mol. The fourth-order valence-corrected chi connectivity index (χ4v) is 2.96. The Hall–Kier alpha value is -2.31. The monoisotopic (exact) mass is 278 g/mol. The van der Waals surface area contributed by atoms with Gasteiger partial charge in [0.1, 0.15) is 6.07 Å². The molecule has 0 saturated heterocycles. The van der Waals surface area contributed by atoms with E-state index >= 15 is 0 Å². The number of anilines is 1. The van der Waals surface area contributed by atoms with Gasteiger partial charge < -0.3 is 10.0 Å². The van der Waals surface area contributed by atoms with Gasteiger partial charge >= 0.3 is 0 Å². The highest BCUT2D eigenvalue weighted by molar-refractivity contribution is 5.61. The lowest BCUT2D eigenvalue weighted by atomic mass is 10.0. The van der Waals surface area contributed by atoms with E-state index in [9.17, 15) is 10.4 Å². The molecule has 2 aromatic rings. The second kappa shape index (κ2) is 5.99. The summed E-state index contributed by atoms with van der Waals surface area (Å²) >= 11 is 0. The molecule has 0 fully saturated rings. The van der Waals surface area contributed by atoms with Crippen LogP contribution in [0, 0.1) is 11.3 Å². The molecule has 0 spiro atoms. The second-order valence-electron chi connectivity index (χ2n) is 5.38. The highest BCUT2D eigenvalue weighted by atomic mass is 16.3. The normalized spacial score (nSPS) is 14.2. The summed E-state index contributed by atoms with van der Waals surface area (Å²) in [4.78, 5) is 2.28. The van der Waals surface area contributed by atoms with Crippen molar-refractivity contribution in [3.8, 4) is 6.07 Å². The van der Waals surface area contributed by atoms with E-state index in [1.807, 2.05) is 12.1 Å². The van der Waals surface area contributed by atoms with Crippen molar-refractivity contribution >= 4 is 5.69 Å². The van der Waals surface area contributed by atoms with Gasteiger partial charge in [-0.05, 0) is 41.7 Å². The van der Waals surface area contributed by atoms with Gasteiger partial charge in [0.2, 0.25) is 0 Å². The van der Waals surface area contributed by atoms with Crippen LogP contribution in [-0.2, 0) is 19.4 Å². The van der Waals surface area contributed by atoms with E-state index in [4.69, 9.17) is 0 Å². The van der Waals surface area contributed by atoms with Crippen molar-refractivity contribution in [1.29, 1.82) is 5.26 Å². The molecule has 0 saturated carbocycles. The molecule has 0 unspecified atom stereocenters. The summed E-state index contributed by atoms with van der Waals surface area (Å²) < 4.78 is 0. The van der Waals surface area contributed by atoms with E-state index in [1.165, 1.54) is 11.1 Å². The van der Waals surface area contributed by atoms with E-state index in [0.717, 1.165) is 37.2 Å². The summed E-state index contributed by atoms with van der Waals surface area (Å²) in [5.41, 5.74) is 5.22. The number of rotatable bonds is 2. The lowest BCUT2D eigenvalue weighted by Gasteiger charge is -2.24. The predicted octanol–water partition coefficient (Wildman–Crippen LogP) is 2.66. The highest BCUT2D eigenvalue weighted by Crippen LogP contribution is 2.25. The van der Waals surface area contributed by atoms with Gasteiger partial charge in [-0.25, -0.2) is 0 Å². The molecule has 1 N–H and O–H groups in total. The zero-order valence-corrected chi connectivity index (χ0v) is 11.9. The Morgan fingerprint density at radius 3 is 2.29 bits per heavy atom. The number of hydrogen-bond donors (Lipinski definition) is 1. The van der Waals surface area contributed by atoms with E-state index in [2.05, 4.69) is 35.2 Å². The lowest BCUT2D eigenvalue weighted by molar-refractivity contribution is 0.282. The van der Waals surface area contributed by atoms with Crippen molar-refractivity contribution in [3.63, 3.8) is 0 Å². The van der Waals surface area contributed by atoms with Gasteiger partial charge in [-0.2, -0.15) is 5.26 Å². The van der Waals surface area contributed by atoms with Crippen LogP contribution in [0.1, 0.15) is 22.3 Å². The van der Waals surface area contributed by atoms with E-state index < -0.39 is 0 Å². The van der Waals surface area contributed by atoms with Gasteiger partial charge in [-0.1, -0.05) is 30.3 Å². The molecule has 2 aromatic carbocycles. The van der Waals surface area contributed by atoms with Crippen LogP contribution in [0.15, 0.2) is 42.5 Å². The van der Waals surface area contributed by atoms with Crippen molar-refractivity contribution in [2.24, 2.45) is 0 Å². The maximum atomic E-state index is 9.35. The van der Waals surface area contributed by atoms with Gasteiger partial charge in [0.15, 0.2) is 0 Å². The van der Waals surface area contributed by atoms with Crippen LogP contribution in [-0.4, -0.2) is 18.2 Å². The molecular formula is C18H18N2O. The summed E-state index contributed by atoms with van der Waals surface area (Å²) in [7, 11) is 0. The third-order valence-corrected chi connectivity index (χ3v) is 4.13. The molecule has 3 nitrogen and oxygen atoms in total. The minimum Gasteiger partial charge on any atom is -0.392 e. The molecule has 3 heteroatoms. The number of aliphatic hydroxyl groups excluding tert-OH is 1. The minimum absolute atomic E-state index is 0.0274. The fourth-order valence-electron chi connectivity index (χ4n) is 2.96. The molecule has 1 aliphatic rings. The van der Waals surface area contributed by atoms with Crippen LogP contribution in [0.5, 0.6) is 0 Å². The lowest BCUT2D eigenvalue weighted by Crippen LogP contribution is -2.26. The maximum Gasteiger partial charge on any atom is 0.101 e. The molecule has 0 aromatic heterocycles. The van der Waals surface area contributed by atoms with Crippen molar-refractivity contribution in [1.82, 2.24) is 0 Å². The third kappa shape index (κ3) is 2.76. The molecule has 1 aliphatic heterocycles. The molecule has 1 heterocycles. The van der Waals surface area contributed by atoms with Gasteiger partial charge in [0, 0.05) is 13.1 Å². The van der Waals surface area contributed by atoms with Crippen LogP contribution >= 0.6 is 0 Å². The first-order chi connectivity index (χ1) is 10.3. The van der Waals surface area contributed by atoms with Crippen LogP contribution in [0.25, 0.3) is 0 Å². The van der Waals surface area contributed by atoms with Gasteiger partial charge in [-0.3, -0.25) is 0 Å². The largest absolute Gasteiger partial charge is 0.392 e. The summed E-state index contributed by atoms with van der Waals surface area (Å²) in [5.74, 6) is 0. The Kier molecular flexibility index (Phi) is 3.89. The van der Waals surface area contributed by atoms with E-state index in [0.29, 0.717) is 5.56 Å². The molecule has 21 heavy (non-hydrogen) atoms. The van der Waals surface area contributed by atoms with Crippen molar-refractivity contribution in [2.75, 3.05) is 18.0 Å². The molecule has 0 bridgehead atoms. The zero-order chi connectivity index (χ0) is 14.7. The van der Waals surface area contributed by atoms with Crippen LogP contribution in [0.4, 0.5) is 5.69 Å². The summed E-state index contributed by atoms with van der Waals surface area (Å²) in [6.07, 6.45) is 2.01. The molecule has 0 atom stereocenters. The minimum atomic E-state index is -0.0274. The Balaban J connectivity index is 1.88. The number of benzene rings is 2. The quantitative estimate of drug-likeness (QED) is 0.918. The first kappa shape index (κ1) is 13.7. The van der Waals surface area contributed by atoms with E-state index in [1.54, 1.807) is 6.07 Å². The summed E-state index contributed by atoms with van der Waals surface area (Å²) in [5, 5.41) is 18.6. The van der Waals surface area contributed by atoms with Gasteiger partial charge in [-0.15, -0.1) is 0 Å². The maximum absolute atomic E-state index is 9.35. The number of hydrogen-bond acceptors (Lipinski definition) is 3. The molecule has 0 amide bonds. The molecule has 0 radical (unpaired) electrons. The van der Waals surface area contributed by atoms with Crippen molar-refractivity contribution in [2.45, 2.75) is 19.4 Å². The Labute approximate surface area is 125 Å². The molecule has 3 rings (SSSR count). The SMILES string of the molecule is N#Cc1cc(CO)ccc1N1CCc2ccccc2CC1. The number of nitrogens with zero attached hydrogens (tertiary/aromatic N) is 2. The van der Waals surface area contributed by atoms with Crippen LogP contribution in [0.2, 0.25) is 0 Å². The second-order valence-corrected chi connectivity index (χ2v) is 5.38. The topological polar surface area (TPSA) is 47.3 Å². The highest BCUT2D eigenvalue weighted by Gasteiger charge is 2.16. The number of nitriles is 1. The summed E-state index contributed by atoms with van der Waals surface area (Å²) in [6, 6.07) is 16.5. The average molecular weight is 278 g/mol. The van der Waals surface area contributed by atoms with Crippen LogP contribution in [0.3, 0.4) is 0 Å². The molecule has 0 aliphatic carbocycles. The number of aliphatic hydroxyl groups is 1. The first-order valence-electron chi connectivity index (χ1n) is 7.27. The Morgan fingerprint density at radius 1 is 1.05 bits per heavy atom. The number of fused-ring (bicyclic) bond motifs is 1. The smallest absolute Gasteiger partial charge is 0.101 e. The molecular weight excluding hydrogens is 260 g/mol. The average Bonchev–Trinajstić information content (AvgIpc) is 2.77. The summed E-state index contributed by atoms with van der Waals surface area (Å²) in [6.45, 7) is 1.81. The Morgan fingerprint density at radius 2 is 1.71 bits per heavy atom. The van der Waals surface area contributed by atoms with Crippen molar-refractivity contribution < 1.29 is 5.11 Å². The van der Waals surface area contributed by atoms with Gasteiger partial charge in [0.05, 0.1) is 17.9 Å². The molecule has 106 valence electrons. The van der Waals surface area contributed by atoms with Gasteiger partial charge in [0.25, 0.3) is 0 Å². The fraction of sp³-hybridized carbons (Fsp3) is 0.278. The Bertz CT molecular complexity index is 661.